The molecule has 3 aromatic heterocycles. The highest BCUT2D eigenvalue weighted by Crippen LogP contribution is 2.29. The van der Waals surface area contributed by atoms with E-state index in [1.165, 1.54) is 4.88 Å². The first-order valence-corrected chi connectivity index (χ1v) is 8.30. The number of hydrogen-bond donors (Lipinski definition) is 1. The number of rotatable bonds is 4. The fourth-order valence-corrected chi connectivity index (χ4v) is 3.50. The van der Waals surface area contributed by atoms with E-state index in [1.54, 1.807) is 24.0 Å². The van der Waals surface area contributed by atoms with Gasteiger partial charge in [0.15, 0.2) is 17.0 Å². The Morgan fingerprint density at radius 1 is 1.41 bits per heavy atom. The molecule has 114 valence electrons. The molecule has 0 spiro atoms. The zero-order valence-corrected chi connectivity index (χ0v) is 13.1. The van der Waals surface area contributed by atoms with Crippen LogP contribution >= 0.6 is 11.3 Å². The summed E-state index contributed by atoms with van der Waals surface area (Å²) in [7, 11) is 0. The quantitative estimate of drug-likeness (QED) is 0.799. The van der Waals surface area contributed by atoms with Gasteiger partial charge in [-0.1, -0.05) is 6.07 Å². The molecule has 3 aromatic rings. The number of fused-ring (bicyclic) bond motifs is 1. The van der Waals surface area contributed by atoms with Crippen molar-refractivity contribution in [1.82, 2.24) is 19.5 Å². The largest absolute Gasteiger partial charge is 0.361 e. The number of nitrogens with one attached hydrogen (secondary N) is 1. The van der Waals surface area contributed by atoms with Crippen LogP contribution in [0.3, 0.4) is 0 Å². The van der Waals surface area contributed by atoms with Crippen molar-refractivity contribution in [3.05, 3.63) is 35.0 Å². The van der Waals surface area contributed by atoms with Crippen LogP contribution in [-0.4, -0.2) is 26.1 Å². The lowest BCUT2D eigenvalue weighted by molar-refractivity contribution is 0.0593. The first kappa shape index (κ1) is 13.7. The molecule has 0 aliphatic carbocycles. The number of ether oxygens (including phenoxy) is 1. The van der Waals surface area contributed by atoms with Gasteiger partial charge in [0.1, 0.15) is 12.6 Å². The predicted octanol–water partition coefficient (Wildman–Crippen LogP) is 3.37. The summed E-state index contributed by atoms with van der Waals surface area (Å²) >= 11 is 1.73. The van der Waals surface area contributed by atoms with Crippen LogP contribution in [0.5, 0.6) is 0 Å². The molecule has 0 amide bonds. The summed E-state index contributed by atoms with van der Waals surface area (Å²) in [6.07, 6.45) is 5.51. The molecule has 1 aliphatic heterocycles. The van der Waals surface area contributed by atoms with Gasteiger partial charge in [-0.25, -0.2) is 15.0 Å². The van der Waals surface area contributed by atoms with Gasteiger partial charge >= 0.3 is 0 Å². The highest BCUT2D eigenvalue weighted by atomic mass is 32.1. The standard InChI is InChI=1S/C15H17N5OS/c1-10(11-4-3-7-22-11)19-14-13-15(17-8-16-14)20(9-18-13)12-5-2-6-21-12/h3-4,7-10,12H,2,5-6H2,1H3,(H,16,17,19). The number of thiophene rings is 1. The van der Waals surface area contributed by atoms with Gasteiger partial charge in [0.25, 0.3) is 0 Å². The van der Waals surface area contributed by atoms with Crippen molar-refractivity contribution in [3.8, 4) is 0 Å². The molecular formula is C15H17N5OS. The average Bonchev–Trinajstić information content (AvgIpc) is 3.27. The summed E-state index contributed by atoms with van der Waals surface area (Å²) in [4.78, 5) is 14.5. The van der Waals surface area contributed by atoms with Gasteiger partial charge in [0, 0.05) is 11.5 Å². The Labute approximate surface area is 132 Å². The fraction of sp³-hybridized carbons (Fsp3) is 0.400. The molecule has 2 atom stereocenters. The van der Waals surface area contributed by atoms with Crippen LogP contribution in [0, 0.1) is 0 Å². The fourth-order valence-electron chi connectivity index (χ4n) is 2.76. The summed E-state index contributed by atoms with van der Waals surface area (Å²) in [6, 6.07) is 4.36. The van der Waals surface area contributed by atoms with Crippen LogP contribution in [0.2, 0.25) is 0 Å². The van der Waals surface area contributed by atoms with Crippen LogP contribution in [0.25, 0.3) is 11.2 Å². The van der Waals surface area contributed by atoms with E-state index in [4.69, 9.17) is 4.74 Å². The van der Waals surface area contributed by atoms with Gasteiger partial charge in [-0.3, -0.25) is 4.57 Å². The topological polar surface area (TPSA) is 64.9 Å². The van der Waals surface area contributed by atoms with Crippen molar-refractivity contribution < 1.29 is 4.74 Å². The minimum absolute atomic E-state index is 0.0440. The van der Waals surface area contributed by atoms with E-state index in [2.05, 4.69) is 44.7 Å². The second-order valence-corrected chi connectivity index (χ2v) is 6.37. The van der Waals surface area contributed by atoms with Crippen LogP contribution in [-0.2, 0) is 4.74 Å². The smallest absolute Gasteiger partial charge is 0.167 e. The monoisotopic (exact) mass is 315 g/mol. The highest BCUT2D eigenvalue weighted by molar-refractivity contribution is 7.10. The molecule has 2 unspecified atom stereocenters. The molecule has 0 bridgehead atoms. The molecule has 0 radical (unpaired) electrons. The zero-order chi connectivity index (χ0) is 14.9. The predicted molar refractivity (Wildman–Crippen MR) is 85.9 cm³/mol. The van der Waals surface area contributed by atoms with Crippen LogP contribution < -0.4 is 5.32 Å². The van der Waals surface area contributed by atoms with Gasteiger partial charge in [0.05, 0.1) is 12.4 Å². The second-order valence-electron chi connectivity index (χ2n) is 5.40. The highest BCUT2D eigenvalue weighted by Gasteiger charge is 2.21. The molecule has 4 rings (SSSR count). The van der Waals surface area contributed by atoms with Crippen molar-refractivity contribution in [2.24, 2.45) is 0 Å². The van der Waals surface area contributed by atoms with E-state index in [0.29, 0.717) is 0 Å². The number of imidazole rings is 1. The maximum Gasteiger partial charge on any atom is 0.167 e. The third kappa shape index (κ3) is 2.36. The summed E-state index contributed by atoms with van der Waals surface area (Å²) in [5.41, 5.74) is 1.61. The van der Waals surface area contributed by atoms with Crippen molar-refractivity contribution in [3.63, 3.8) is 0 Å². The minimum atomic E-state index is 0.0440. The molecule has 0 saturated carbocycles. The van der Waals surface area contributed by atoms with Gasteiger partial charge in [-0.15, -0.1) is 11.3 Å². The number of anilines is 1. The molecule has 6 nitrogen and oxygen atoms in total. The molecule has 22 heavy (non-hydrogen) atoms. The summed E-state index contributed by atoms with van der Waals surface area (Å²) in [6.45, 7) is 2.92. The van der Waals surface area contributed by atoms with Gasteiger partial charge in [-0.05, 0) is 31.2 Å². The van der Waals surface area contributed by atoms with Crippen molar-refractivity contribution in [1.29, 1.82) is 0 Å². The molecule has 0 aromatic carbocycles. The Bertz CT molecular complexity index is 763. The number of hydrogen-bond acceptors (Lipinski definition) is 6. The van der Waals surface area contributed by atoms with E-state index < -0.39 is 0 Å². The van der Waals surface area contributed by atoms with E-state index in [1.807, 2.05) is 4.57 Å². The molecule has 4 heterocycles. The zero-order valence-electron chi connectivity index (χ0n) is 12.3. The normalized spacial score (nSPS) is 19.6. The third-order valence-corrected chi connectivity index (χ3v) is 4.95. The lowest BCUT2D eigenvalue weighted by Gasteiger charge is -2.14. The lowest BCUT2D eigenvalue weighted by atomic mass is 10.2. The van der Waals surface area contributed by atoms with E-state index in [0.717, 1.165) is 36.4 Å². The number of aromatic nitrogens is 4. The maximum absolute atomic E-state index is 5.73. The minimum Gasteiger partial charge on any atom is -0.361 e. The summed E-state index contributed by atoms with van der Waals surface area (Å²) in [5, 5.41) is 5.51. The number of nitrogens with zero attached hydrogens (tertiary/aromatic N) is 4. The molecule has 1 saturated heterocycles. The van der Waals surface area contributed by atoms with Crippen molar-refractivity contribution in [2.45, 2.75) is 32.0 Å². The average molecular weight is 315 g/mol. The first-order valence-electron chi connectivity index (χ1n) is 7.42. The van der Waals surface area contributed by atoms with Gasteiger partial charge in [0.2, 0.25) is 0 Å². The Morgan fingerprint density at radius 3 is 3.14 bits per heavy atom. The maximum atomic E-state index is 5.73. The summed E-state index contributed by atoms with van der Waals surface area (Å²) < 4.78 is 7.73. The molecule has 1 N–H and O–H groups in total. The Hall–Kier alpha value is -1.99. The molecule has 1 fully saturated rings. The van der Waals surface area contributed by atoms with E-state index in [9.17, 15) is 0 Å². The van der Waals surface area contributed by atoms with E-state index in [-0.39, 0.29) is 12.3 Å². The lowest BCUT2D eigenvalue weighted by Crippen LogP contribution is -2.09. The van der Waals surface area contributed by atoms with Crippen molar-refractivity contribution in [2.75, 3.05) is 11.9 Å². The summed E-state index contributed by atoms with van der Waals surface area (Å²) in [5.74, 6) is 0.766. The SMILES string of the molecule is CC(Nc1ncnc2c1ncn2C1CCCO1)c1cccs1. The van der Waals surface area contributed by atoms with Gasteiger partial charge in [-0.2, -0.15) is 0 Å². The third-order valence-electron chi connectivity index (χ3n) is 3.90. The molecule has 7 heteroatoms. The Morgan fingerprint density at radius 2 is 2.36 bits per heavy atom. The van der Waals surface area contributed by atoms with Crippen LogP contribution in [0.15, 0.2) is 30.2 Å². The molecule has 1 aliphatic rings. The molecular weight excluding hydrogens is 298 g/mol. The van der Waals surface area contributed by atoms with Crippen LogP contribution in [0.4, 0.5) is 5.82 Å². The van der Waals surface area contributed by atoms with E-state index >= 15 is 0 Å². The van der Waals surface area contributed by atoms with Crippen molar-refractivity contribution >= 4 is 28.3 Å². The Balaban J connectivity index is 1.67. The first-order chi connectivity index (χ1) is 10.8. The second kappa shape index (κ2) is 5.66. The Kier molecular flexibility index (Phi) is 3.51. The van der Waals surface area contributed by atoms with Crippen LogP contribution in [0.1, 0.15) is 36.9 Å². The van der Waals surface area contributed by atoms with Gasteiger partial charge < -0.3 is 10.1 Å².